The van der Waals surface area contributed by atoms with E-state index < -0.39 is 54.6 Å². The average Bonchev–Trinajstić information content (AvgIpc) is 2.64. The number of hydrogen-bond acceptors (Lipinski definition) is 10. The predicted octanol–water partition coefficient (Wildman–Crippen LogP) is 1.42. The molecule has 0 N–H and O–H groups in total. The summed E-state index contributed by atoms with van der Waals surface area (Å²) in [6.07, 6.45) is -0.995. The van der Waals surface area contributed by atoms with Crippen molar-refractivity contribution in [3.05, 3.63) is 0 Å². The Morgan fingerprint density at radius 3 is 1.80 bits per heavy atom. The standard InChI is InChI=1S/C20H30O10/c1-11(21)25-10-16-17(26-12(2)22)18(27-13(3)23)19(28-14(4)24)20(30-16)29-15-8-6-5-7-9-15/h15-20H,5-10H2,1-4H3/t16-,17-,18+,19+,20-/m1/s1. The van der Waals surface area contributed by atoms with E-state index in [0.717, 1.165) is 32.1 Å². The second-order valence-corrected chi connectivity index (χ2v) is 7.46. The Morgan fingerprint density at radius 2 is 1.27 bits per heavy atom. The first-order valence-electron chi connectivity index (χ1n) is 10.1. The minimum atomic E-state index is -1.20. The van der Waals surface area contributed by atoms with Gasteiger partial charge in [-0.05, 0) is 12.8 Å². The van der Waals surface area contributed by atoms with Crippen LogP contribution in [0.5, 0.6) is 0 Å². The van der Waals surface area contributed by atoms with E-state index in [1.807, 2.05) is 0 Å². The summed E-state index contributed by atoms with van der Waals surface area (Å²) in [6, 6.07) is 0. The van der Waals surface area contributed by atoms with E-state index in [0.29, 0.717) is 0 Å². The molecule has 0 spiro atoms. The van der Waals surface area contributed by atoms with Crippen molar-refractivity contribution < 1.29 is 47.6 Å². The number of ether oxygens (including phenoxy) is 6. The molecule has 1 aliphatic carbocycles. The van der Waals surface area contributed by atoms with Gasteiger partial charge in [0.15, 0.2) is 24.6 Å². The van der Waals surface area contributed by atoms with Crippen molar-refractivity contribution in [2.45, 2.75) is 96.6 Å². The lowest BCUT2D eigenvalue weighted by atomic mass is 9.96. The molecule has 1 heterocycles. The van der Waals surface area contributed by atoms with E-state index >= 15 is 0 Å². The summed E-state index contributed by atoms with van der Waals surface area (Å²) in [7, 11) is 0. The summed E-state index contributed by atoms with van der Waals surface area (Å²) < 4.78 is 33.1. The van der Waals surface area contributed by atoms with Crippen molar-refractivity contribution in [1.82, 2.24) is 0 Å². The van der Waals surface area contributed by atoms with Crippen LogP contribution in [0.1, 0.15) is 59.8 Å². The Labute approximate surface area is 175 Å². The Hall–Kier alpha value is -2.20. The third kappa shape index (κ3) is 7.24. The summed E-state index contributed by atoms with van der Waals surface area (Å²) >= 11 is 0. The first-order chi connectivity index (χ1) is 14.2. The van der Waals surface area contributed by atoms with Gasteiger partial charge in [-0.25, -0.2) is 0 Å². The van der Waals surface area contributed by atoms with E-state index in [1.165, 1.54) is 27.7 Å². The molecule has 10 heteroatoms. The molecule has 2 fully saturated rings. The normalized spacial score (nSPS) is 29.5. The monoisotopic (exact) mass is 430 g/mol. The number of rotatable bonds is 7. The molecular formula is C20H30O10. The molecule has 0 bridgehead atoms. The van der Waals surface area contributed by atoms with E-state index in [-0.39, 0.29) is 12.7 Å². The second-order valence-electron chi connectivity index (χ2n) is 7.46. The van der Waals surface area contributed by atoms with E-state index in [1.54, 1.807) is 0 Å². The molecule has 2 rings (SSSR count). The van der Waals surface area contributed by atoms with Gasteiger partial charge in [0.2, 0.25) is 0 Å². The lowest BCUT2D eigenvalue weighted by Crippen LogP contribution is -2.63. The Balaban J connectivity index is 2.34. The maximum Gasteiger partial charge on any atom is 0.303 e. The van der Waals surface area contributed by atoms with Crippen LogP contribution in [0.15, 0.2) is 0 Å². The molecule has 170 valence electrons. The maximum atomic E-state index is 11.8. The lowest BCUT2D eigenvalue weighted by molar-refractivity contribution is -0.318. The van der Waals surface area contributed by atoms with Crippen molar-refractivity contribution in [2.75, 3.05) is 6.61 Å². The highest BCUT2D eigenvalue weighted by Crippen LogP contribution is 2.32. The number of carbonyl (C=O) groups is 4. The van der Waals surface area contributed by atoms with Gasteiger partial charge in [0, 0.05) is 27.7 Å². The van der Waals surface area contributed by atoms with Crippen molar-refractivity contribution in [3.8, 4) is 0 Å². The van der Waals surface area contributed by atoms with Crippen LogP contribution < -0.4 is 0 Å². The van der Waals surface area contributed by atoms with Crippen LogP contribution in [-0.4, -0.2) is 67.3 Å². The van der Waals surface area contributed by atoms with E-state index in [9.17, 15) is 19.2 Å². The van der Waals surface area contributed by atoms with Crippen molar-refractivity contribution >= 4 is 23.9 Å². The quantitative estimate of drug-likeness (QED) is 0.432. The number of esters is 4. The molecule has 1 saturated heterocycles. The van der Waals surface area contributed by atoms with Crippen LogP contribution in [0.25, 0.3) is 0 Å². The van der Waals surface area contributed by atoms with Crippen LogP contribution in [0.2, 0.25) is 0 Å². The highest BCUT2D eigenvalue weighted by Gasteiger charge is 2.53. The Bertz CT molecular complexity index is 627. The van der Waals surface area contributed by atoms with Gasteiger partial charge in [-0.15, -0.1) is 0 Å². The summed E-state index contributed by atoms with van der Waals surface area (Å²) in [5.41, 5.74) is 0. The third-order valence-corrected chi connectivity index (χ3v) is 4.83. The van der Waals surface area contributed by atoms with Gasteiger partial charge in [-0.2, -0.15) is 0 Å². The molecule has 0 amide bonds. The molecule has 2 aliphatic rings. The first-order valence-corrected chi connectivity index (χ1v) is 10.1. The van der Waals surface area contributed by atoms with Gasteiger partial charge in [0.1, 0.15) is 12.7 Å². The molecule has 1 saturated carbocycles. The molecule has 10 nitrogen and oxygen atoms in total. The lowest BCUT2D eigenvalue weighted by Gasteiger charge is -2.45. The molecule has 0 aromatic carbocycles. The van der Waals surface area contributed by atoms with Gasteiger partial charge in [0.25, 0.3) is 0 Å². The van der Waals surface area contributed by atoms with Crippen LogP contribution >= 0.6 is 0 Å². The highest BCUT2D eigenvalue weighted by atomic mass is 16.7. The third-order valence-electron chi connectivity index (χ3n) is 4.83. The maximum absolute atomic E-state index is 11.8. The summed E-state index contributed by atoms with van der Waals surface area (Å²) in [6.45, 7) is 4.53. The van der Waals surface area contributed by atoms with Gasteiger partial charge in [0.05, 0.1) is 6.10 Å². The summed E-state index contributed by atoms with van der Waals surface area (Å²) in [5.74, 6) is -2.53. The first kappa shape index (κ1) is 24.1. The molecule has 0 aromatic heterocycles. The summed E-state index contributed by atoms with van der Waals surface area (Å²) in [5, 5.41) is 0. The zero-order valence-corrected chi connectivity index (χ0v) is 17.8. The fourth-order valence-electron chi connectivity index (χ4n) is 3.69. The molecule has 0 radical (unpaired) electrons. The van der Waals surface area contributed by atoms with Gasteiger partial charge in [-0.3, -0.25) is 19.2 Å². The minimum absolute atomic E-state index is 0.126. The van der Waals surface area contributed by atoms with Crippen LogP contribution in [-0.2, 0) is 47.6 Å². The van der Waals surface area contributed by atoms with Crippen LogP contribution in [0, 0.1) is 0 Å². The Kier molecular flexibility index (Phi) is 9.04. The SMILES string of the molecule is CC(=O)OC[C@H]1O[C@@H](OC2CCCCC2)[C@@H](OC(C)=O)[C@@H](OC(C)=O)[C@@H]1OC(C)=O. The number of hydrogen-bond donors (Lipinski definition) is 0. The Morgan fingerprint density at radius 1 is 0.733 bits per heavy atom. The van der Waals surface area contributed by atoms with Crippen LogP contribution in [0.3, 0.4) is 0 Å². The average molecular weight is 430 g/mol. The highest BCUT2D eigenvalue weighted by molar-refractivity contribution is 5.68. The van der Waals surface area contributed by atoms with E-state index in [2.05, 4.69) is 0 Å². The second kappa shape index (κ2) is 11.3. The van der Waals surface area contributed by atoms with Gasteiger partial charge >= 0.3 is 23.9 Å². The fourth-order valence-corrected chi connectivity index (χ4v) is 3.69. The van der Waals surface area contributed by atoms with Crippen molar-refractivity contribution in [3.63, 3.8) is 0 Å². The number of carbonyl (C=O) groups excluding carboxylic acids is 4. The van der Waals surface area contributed by atoms with Crippen LogP contribution in [0.4, 0.5) is 0 Å². The van der Waals surface area contributed by atoms with E-state index in [4.69, 9.17) is 28.4 Å². The van der Waals surface area contributed by atoms with Gasteiger partial charge < -0.3 is 28.4 Å². The minimum Gasteiger partial charge on any atom is -0.463 e. The molecule has 0 unspecified atom stereocenters. The smallest absolute Gasteiger partial charge is 0.303 e. The van der Waals surface area contributed by atoms with Crippen molar-refractivity contribution in [1.29, 1.82) is 0 Å². The molecular weight excluding hydrogens is 400 g/mol. The van der Waals surface area contributed by atoms with Gasteiger partial charge in [-0.1, -0.05) is 19.3 Å². The zero-order chi connectivity index (χ0) is 22.3. The molecule has 5 atom stereocenters. The zero-order valence-electron chi connectivity index (χ0n) is 17.8. The molecule has 0 aromatic rings. The molecule has 30 heavy (non-hydrogen) atoms. The largest absolute Gasteiger partial charge is 0.463 e. The fraction of sp³-hybridized carbons (Fsp3) is 0.800. The predicted molar refractivity (Wildman–Crippen MR) is 99.9 cm³/mol. The summed E-state index contributed by atoms with van der Waals surface area (Å²) in [4.78, 5) is 46.5. The molecule has 1 aliphatic heterocycles. The topological polar surface area (TPSA) is 124 Å². The van der Waals surface area contributed by atoms with Crippen molar-refractivity contribution in [2.24, 2.45) is 0 Å².